The van der Waals surface area contributed by atoms with Crippen LogP contribution in [0.5, 0.6) is 0 Å². The molecule has 0 aliphatic heterocycles. The van der Waals surface area contributed by atoms with Crippen molar-refractivity contribution >= 4 is 11.3 Å². The molecule has 2 rings (SSSR count). The number of rotatable bonds is 4. The molecule has 1 nitrogen and oxygen atoms in total. The zero-order valence-electron chi connectivity index (χ0n) is 11.1. The van der Waals surface area contributed by atoms with Crippen LogP contribution in [0.3, 0.4) is 0 Å². The van der Waals surface area contributed by atoms with E-state index in [1.54, 1.807) is 0 Å². The maximum Gasteiger partial charge on any atom is -0.00461 e. The van der Waals surface area contributed by atoms with Gasteiger partial charge < -0.3 is 5.73 Å². The Morgan fingerprint density at radius 2 is 2.18 bits per heavy atom. The summed E-state index contributed by atoms with van der Waals surface area (Å²) in [6.45, 7) is 5.61. The van der Waals surface area contributed by atoms with Crippen LogP contribution in [-0.2, 0) is 6.42 Å². The first-order valence-corrected chi connectivity index (χ1v) is 7.86. The van der Waals surface area contributed by atoms with Crippen LogP contribution in [-0.4, -0.2) is 6.54 Å². The average Bonchev–Trinajstić information content (AvgIpc) is 2.81. The van der Waals surface area contributed by atoms with Crippen molar-refractivity contribution in [1.82, 2.24) is 0 Å². The molecular weight excluding hydrogens is 226 g/mol. The Bertz CT molecular complexity index is 318. The zero-order valence-corrected chi connectivity index (χ0v) is 11.9. The summed E-state index contributed by atoms with van der Waals surface area (Å²) >= 11 is 1.81. The van der Waals surface area contributed by atoms with E-state index in [1.807, 2.05) is 11.3 Å². The van der Waals surface area contributed by atoms with Gasteiger partial charge in [-0.2, -0.15) is 11.3 Å². The van der Waals surface area contributed by atoms with Crippen molar-refractivity contribution in [2.75, 3.05) is 6.54 Å². The summed E-state index contributed by atoms with van der Waals surface area (Å²) in [5.74, 6) is 3.32. The average molecular weight is 251 g/mol. The smallest absolute Gasteiger partial charge is 0.00461 e. The molecule has 0 amide bonds. The molecule has 0 spiro atoms. The normalized spacial score (nSPS) is 29.8. The van der Waals surface area contributed by atoms with Crippen molar-refractivity contribution in [3.8, 4) is 0 Å². The van der Waals surface area contributed by atoms with Gasteiger partial charge in [0, 0.05) is 0 Å². The molecule has 1 aliphatic rings. The van der Waals surface area contributed by atoms with Gasteiger partial charge in [0.1, 0.15) is 0 Å². The minimum absolute atomic E-state index is 0.755. The lowest BCUT2D eigenvalue weighted by molar-refractivity contribution is 0.151. The van der Waals surface area contributed by atoms with E-state index in [1.165, 1.54) is 31.2 Å². The second-order valence-electron chi connectivity index (χ2n) is 5.91. The largest absolute Gasteiger partial charge is 0.330 e. The zero-order chi connectivity index (χ0) is 12.3. The fourth-order valence-electron chi connectivity index (χ4n) is 3.24. The van der Waals surface area contributed by atoms with Crippen molar-refractivity contribution in [3.63, 3.8) is 0 Å². The van der Waals surface area contributed by atoms with E-state index in [9.17, 15) is 0 Å². The highest BCUT2D eigenvalue weighted by molar-refractivity contribution is 7.07. The van der Waals surface area contributed by atoms with Gasteiger partial charge in [-0.1, -0.05) is 13.8 Å². The van der Waals surface area contributed by atoms with Crippen molar-refractivity contribution in [1.29, 1.82) is 0 Å². The standard InChI is InChI=1S/C15H25NS/c1-11(2)13-3-4-14(9-16)15(8-13)7-12-5-6-17-10-12/h5-6,10-11,13-15H,3-4,7-9,16H2,1-2H3. The van der Waals surface area contributed by atoms with Crippen LogP contribution in [0.1, 0.15) is 38.7 Å². The van der Waals surface area contributed by atoms with E-state index in [2.05, 4.69) is 30.7 Å². The second kappa shape index (κ2) is 6.01. The first kappa shape index (κ1) is 13.1. The Kier molecular flexibility index (Phi) is 4.63. The first-order valence-electron chi connectivity index (χ1n) is 6.91. The summed E-state index contributed by atoms with van der Waals surface area (Å²) in [4.78, 5) is 0. The van der Waals surface area contributed by atoms with Gasteiger partial charge in [0.25, 0.3) is 0 Å². The highest BCUT2D eigenvalue weighted by Gasteiger charge is 2.30. The van der Waals surface area contributed by atoms with Crippen molar-refractivity contribution in [2.24, 2.45) is 29.4 Å². The molecule has 3 unspecified atom stereocenters. The third-order valence-corrected chi connectivity index (χ3v) is 5.24. The van der Waals surface area contributed by atoms with Crippen LogP contribution < -0.4 is 5.73 Å². The topological polar surface area (TPSA) is 26.0 Å². The maximum absolute atomic E-state index is 5.95. The number of hydrogen-bond acceptors (Lipinski definition) is 2. The number of thiophene rings is 1. The molecule has 2 heteroatoms. The van der Waals surface area contributed by atoms with Gasteiger partial charge in [0.05, 0.1) is 0 Å². The third kappa shape index (κ3) is 3.32. The van der Waals surface area contributed by atoms with Crippen molar-refractivity contribution < 1.29 is 0 Å². The quantitative estimate of drug-likeness (QED) is 0.862. The molecule has 1 aromatic heterocycles. The molecule has 1 aromatic rings. The van der Waals surface area contributed by atoms with Crippen LogP contribution in [0.4, 0.5) is 0 Å². The summed E-state index contributed by atoms with van der Waals surface area (Å²) in [6, 6.07) is 2.28. The minimum atomic E-state index is 0.755. The fraction of sp³-hybridized carbons (Fsp3) is 0.733. The Morgan fingerprint density at radius 3 is 2.76 bits per heavy atom. The van der Waals surface area contributed by atoms with Gasteiger partial charge in [-0.05, 0) is 78.3 Å². The molecule has 3 atom stereocenters. The van der Waals surface area contributed by atoms with E-state index in [4.69, 9.17) is 5.73 Å². The van der Waals surface area contributed by atoms with E-state index in [0.29, 0.717) is 0 Å². The highest BCUT2D eigenvalue weighted by atomic mass is 32.1. The Labute approximate surface area is 109 Å². The van der Waals surface area contributed by atoms with Crippen LogP contribution in [0.25, 0.3) is 0 Å². The van der Waals surface area contributed by atoms with Crippen LogP contribution in [0.15, 0.2) is 16.8 Å². The monoisotopic (exact) mass is 251 g/mol. The third-order valence-electron chi connectivity index (χ3n) is 4.50. The van der Waals surface area contributed by atoms with Gasteiger partial charge in [0.2, 0.25) is 0 Å². The Balaban J connectivity index is 1.99. The van der Waals surface area contributed by atoms with E-state index < -0.39 is 0 Å². The Morgan fingerprint density at radius 1 is 1.35 bits per heavy atom. The number of nitrogens with two attached hydrogens (primary N) is 1. The van der Waals surface area contributed by atoms with Gasteiger partial charge in [-0.25, -0.2) is 0 Å². The van der Waals surface area contributed by atoms with Crippen LogP contribution >= 0.6 is 11.3 Å². The summed E-state index contributed by atoms with van der Waals surface area (Å²) in [5, 5.41) is 4.49. The maximum atomic E-state index is 5.95. The van der Waals surface area contributed by atoms with Crippen molar-refractivity contribution in [3.05, 3.63) is 22.4 Å². The molecule has 2 N–H and O–H groups in total. The summed E-state index contributed by atoms with van der Waals surface area (Å²) in [7, 11) is 0. The van der Waals surface area contributed by atoms with Gasteiger partial charge in [0.15, 0.2) is 0 Å². The molecule has 0 aromatic carbocycles. The van der Waals surface area contributed by atoms with E-state index in [-0.39, 0.29) is 0 Å². The molecule has 17 heavy (non-hydrogen) atoms. The SMILES string of the molecule is CC(C)C1CCC(CN)C(Cc2ccsc2)C1. The second-order valence-corrected chi connectivity index (χ2v) is 6.69. The minimum Gasteiger partial charge on any atom is -0.330 e. The summed E-state index contributed by atoms with van der Waals surface area (Å²) < 4.78 is 0. The van der Waals surface area contributed by atoms with E-state index >= 15 is 0 Å². The lowest BCUT2D eigenvalue weighted by atomic mass is 9.69. The molecule has 0 saturated heterocycles. The molecule has 0 radical (unpaired) electrons. The summed E-state index contributed by atoms with van der Waals surface area (Å²) in [5.41, 5.74) is 7.46. The molecular formula is C15H25NS. The van der Waals surface area contributed by atoms with Gasteiger partial charge in [-0.3, -0.25) is 0 Å². The van der Waals surface area contributed by atoms with Crippen LogP contribution in [0, 0.1) is 23.7 Å². The lowest BCUT2D eigenvalue weighted by Crippen LogP contribution is -2.33. The van der Waals surface area contributed by atoms with Crippen LogP contribution in [0.2, 0.25) is 0 Å². The van der Waals surface area contributed by atoms with Crippen molar-refractivity contribution in [2.45, 2.75) is 39.5 Å². The molecule has 1 fully saturated rings. The lowest BCUT2D eigenvalue weighted by Gasteiger charge is -2.37. The molecule has 96 valence electrons. The first-order chi connectivity index (χ1) is 8.20. The molecule has 0 bridgehead atoms. The predicted molar refractivity (Wildman–Crippen MR) is 76.2 cm³/mol. The fourth-order valence-corrected chi connectivity index (χ4v) is 3.92. The molecule has 1 heterocycles. The highest BCUT2D eigenvalue weighted by Crippen LogP contribution is 2.38. The predicted octanol–water partition coefficient (Wildman–Crippen LogP) is 3.94. The summed E-state index contributed by atoms with van der Waals surface area (Å²) in [6.07, 6.45) is 5.36. The van der Waals surface area contributed by atoms with Gasteiger partial charge in [-0.15, -0.1) is 0 Å². The van der Waals surface area contributed by atoms with E-state index in [0.717, 1.165) is 30.2 Å². The van der Waals surface area contributed by atoms with Gasteiger partial charge >= 0.3 is 0 Å². The Hall–Kier alpha value is -0.340. The molecule has 1 saturated carbocycles. The molecule has 1 aliphatic carbocycles. The number of hydrogen-bond donors (Lipinski definition) is 1.